The molecule has 0 saturated carbocycles. The van der Waals surface area contributed by atoms with Gasteiger partial charge in [0.25, 0.3) is 11.8 Å². The Kier molecular flexibility index (Phi) is 6.75. The lowest BCUT2D eigenvalue weighted by Crippen LogP contribution is -2.26. The minimum Gasteiger partial charge on any atom is -0.489 e. The maximum Gasteiger partial charge on any atom is 0.272 e. The summed E-state index contributed by atoms with van der Waals surface area (Å²) in [7, 11) is 1.63. The van der Waals surface area contributed by atoms with Crippen molar-refractivity contribution in [2.24, 2.45) is 7.05 Å². The molecule has 2 heterocycles. The Bertz CT molecular complexity index is 1250. The number of nitrogens with zero attached hydrogens (tertiary/aromatic N) is 2. The third-order valence-corrected chi connectivity index (χ3v) is 5.07. The number of aromatic nitrogens is 2. The van der Waals surface area contributed by atoms with Gasteiger partial charge in [0.2, 0.25) is 0 Å². The first-order valence-electron chi connectivity index (χ1n) is 10.1. The van der Waals surface area contributed by atoms with E-state index in [0.717, 1.165) is 5.56 Å². The number of benzene rings is 2. The summed E-state index contributed by atoms with van der Waals surface area (Å²) in [5, 5.41) is 10.3. The molecule has 0 spiro atoms. The minimum atomic E-state index is -0.383. The van der Waals surface area contributed by atoms with E-state index in [9.17, 15) is 9.59 Å². The Morgan fingerprint density at radius 3 is 2.67 bits per heavy atom. The van der Waals surface area contributed by atoms with Gasteiger partial charge in [-0.1, -0.05) is 23.7 Å². The number of ether oxygens (including phenoxy) is 1. The van der Waals surface area contributed by atoms with Crippen LogP contribution in [0.25, 0.3) is 0 Å². The van der Waals surface area contributed by atoms with Crippen molar-refractivity contribution in [1.82, 2.24) is 15.1 Å². The Balaban J connectivity index is 1.41. The lowest BCUT2D eigenvalue weighted by Gasteiger charge is -2.10. The maximum absolute atomic E-state index is 12.9. The van der Waals surface area contributed by atoms with Gasteiger partial charge in [-0.05, 0) is 54.1 Å². The molecule has 0 aliphatic carbocycles. The number of halogens is 1. The molecular weight excluding hydrogens is 444 g/mol. The van der Waals surface area contributed by atoms with E-state index in [1.54, 1.807) is 61.6 Å². The largest absolute Gasteiger partial charge is 0.489 e. The summed E-state index contributed by atoms with van der Waals surface area (Å²) < 4.78 is 12.4. The number of rotatable bonds is 8. The van der Waals surface area contributed by atoms with Crippen LogP contribution in [0.4, 0.5) is 5.69 Å². The van der Waals surface area contributed by atoms with Crippen molar-refractivity contribution in [2.75, 3.05) is 5.32 Å². The van der Waals surface area contributed by atoms with Crippen LogP contribution in [-0.4, -0.2) is 21.6 Å². The van der Waals surface area contributed by atoms with E-state index < -0.39 is 0 Å². The van der Waals surface area contributed by atoms with Crippen LogP contribution in [0.2, 0.25) is 5.02 Å². The zero-order valence-electron chi connectivity index (χ0n) is 17.7. The minimum absolute atomic E-state index is 0.222. The number of anilines is 1. The van der Waals surface area contributed by atoms with Gasteiger partial charge >= 0.3 is 0 Å². The number of nitrogens with one attached hydrogen (secondary N) is 2. The van der Waals surface area contributed by atoms with E-state index >= 15 is 0 Å². The molecular formula is C24H21ClN4O4. The molecule has 4 rings (SSSR count). The molecule has 33 heavy (non-hydrogen) atoms. The van der Waals surface area contributed by atoms with Gasteiger partial charge in [0.05, 0.1) is 24.7 Å². The highest BCUT2D eigenvalue weighted by molar-refractivity contribution is 6.30. The molecule has 0 unspecified atom stereocenters. The predicted octanol–water partition coefficient (Wildman–Crippen LogP) is 4.43. The van der Waals surface area contributed by atoms with Crippen LogP contribution in [0.3, 0.4) is 0 Å². The Hall–Kier alpha value is -4.04. The van der Waals surface area contributed by atoms with Gasteiger partial charge in [-0.3, -0.25) is 14.3 Å². The highest BCUT2D eigenvalue weighted by Crippen LogP contribution is 2.19. The lowest BCUT2D eigenvalue weighted by molar-refractivity contribution is 0.0939. The highest BCUT2D eigenvalue weighted by atomic mass is 35.5. The van der Waals surface area contributed by atoms with E-state index in [2.05, 4.69) is 15.7 Å². The van der Waals surface area contributed by atoms with Gasteiger partial charge in [0, 0.05) is 17.6 Å². The van der Waals surface area contributed by atoms with Crippen LogP contribution >= 0.6 is 11.6 Å². The molecule has 0 saturated heterocycles. The van der Waals surface area contributed by atoms with Gasteiger partial charge in [-0.15, -0.1) is 0 Å². The summed E-state index contributed by atoms with van der Waals surface area (Å²) in [4.78, 5) is 25.5. The van der Waals surface area contributed by atoms with E-state index in [1.165, 1.54) is 17.1 Å². The average molecular weight is 465 g/mol. The van der Waals surface area contributed by atoms with Crippen LogP contribution in [-0.2, 0) is 20.2 Å². The van der Waals surface area contributed by atoms with E-state index in [4.69, 9.17) is 20.8 Å². The quantitative estimate of drug-likeness (QED) is 0.402. The molecule has 0 aliphatic heterocycles. The number of hydrogen-bond donors (Lipinski definition) is 2. The third-order valence-electron chi connectivity index (χ3n) is 4.81. The smallest absolute Gasteiger partial charge is 0.272 e. The van der Waals surface area contributed by atoms with Crippen LogP contribution < -0.4 is 15.4 Å². The highest BCUT2D eigenvalue weighted by Gasteiger charge is 2.19. The number of amides is 2. The van der Waals surface area contributed by atoms with Crippen molar-refractivity contribution < 1.29 is 18.7 Å². The summed E-state index contributed by atoms with van der Waals surface area (Å²) in [6.07, 6.45) is 2.97. The molecule has 0 fully saturated rings. The molecule has 2 aromatic heterocycles. The summed E-state index contributed by atoms with van der Waals surface area (Å²) in [5.74, 6) is 0.548. The second-order valence-electron chi connectivity index (χ2n) is 7.19. The van der Waals surface area contributed by atoms with Crippen LogP contribution in [0.15, 0.2) is 77.5 Å². The maximum atomic E-state index is 12.9. The monoisotopic (exact) mass is 464 g/mol. The number of furan rings is 1. The van der Waals surface area contributed by atoms with Gasteiger partial charge in [-0.25, -0.2) is 0 Å². The molecule has 168 valence electrons. The molecule has 2 N–H and O–H groups in total. The van der Waals surface area contributed by atoms with Crippen molar-refractivity contribution in [3.8, 4) is 5.75 Å². The third kappa shape index (κ3) is 5.61. The standard InChI is InChI=1S/C24H21ClN4O4/c1-29-22(24(31)26-13-20-6-3-11-32-20)21(14-27-29)28-23(30)17-5-2-4-16(12-17)15-33-19-9-7-18(25)8-10-19/h2-12,14H,13,15H2,1H3,(H,26,31)(H,28,30). The normalized spacial score (nSPS) is 10.6. The fraction of sp³-hybridized carbons (Fsp3) is 0.125. The Morgan fingerprint density at radius 1 is 1.09 bits per heavy atom. The van der Waals surface area contributed by atoms with Gasteiger partial charge in [0.1, 0.15) is 23.8 Å². The van der Waals surface area contributed by atoms with Crippen LogP contribution in [0, 0.1) is 0 Å². The van der Waals surface area contributed by atoms with Gasteiger partial charge in [0.15, 0.2) is 0 Å². The van der Waals surface area contributed by atoms with Gasteiger partial charge in [-0.2, -0.15) is 5.10 Å². The summed E-state index contributed by atoms with van der Waals surface area (Å²) in [6, 6.07) is 17.6. The first kappa shape index (κ1) is 22.2. The molecule has 0 bridgehead atoms. The summed E-state index contributed by atoms with van der Waals surface area (Å²) in [5.41, 5.74) is 1.79. The molecule has 9 heteroatoms. The number of carbonyl (C=O) groups is 2. The number of carbonyl (C=O) groups excluding carboxylic acids is 2. The average Bonchev–Trinajstić information content (AvgIpc) is 3.47. The zero-order chi connectivity index (χ0) is 23.2. The van der Waals surface area contributed by atoms with Crippen molar-refractivity contribution in [2.45, 2.75) is 13.2 Å². The lowest BCUT2D eigenvalue weighted by atomic mass is 10.1. The number of aryl methyl sites for hydroxylation is 1. The van der Waals surface area contributed by atoms with Crippen molar-refractivity contribution in [3.05, 3.63) is 101 Å². The van der Waals surface area contributed by atoms with Crippen molar-refractivity contribution in [1.29, 1.82) is 0 Å². The van der Waals surface area contributed by atoms with Crippen molar-refractivity contribution >= 4 is 29.1 Å². The molecule has 0 atom stereocenters. The topological polar surface area (TPSA) is 98.4 Å². The van der Waals surface area contributed by atoms with Gasteiger partial charge < -0.3 is 19.8 Å². The summed E-state index contributed by atoms with van der Waals surface area (Å²) in [6.45, 7) is 0.510. The predicted molar refractivity (Wildman–Crippen MR) is 123 cm³/mol. The second-order valence-corrected chi connectivity index (χ2v) is 7.63. The van der Waals surface area contributed by atoms with Crippen LogP contribution in [0.1, 0.15) is 32.2 Å². The number of hydrogen-bond acceptors (Lipinski definition) is 5. The molecule has 8 nitrogen and oxygen atoms in total. The molecule has 2 amide bonds. The molecule has 0 aliphatic rings. The van der Waals surface area contributed by atoms with E-state index in [0.29, 0.717) is 27.8 Å². The van der Waals surface area contributed by atoms with E-state index in [1.807, 2.05) is 6.07 Å². The Morgan fingerprint density at radius 2 is 1.91 bits per heavy atom. The molecule has 2 aromatic carbocycles. The van der Waals surface area contributed by atoms with Crippen molar-refractivity contribution in [3.63, 3.8) is 0 Å². The first-order valence-corrected chi connectivity index (χ1v) is 10.5. The van der Waals surface area contributed by atoms with E-state index in [-0.39, 0.29) is 30.7 Å². The molecule has 0 radical (unpaired) electrons. The fourth-order valence-electron chi connectivity index (χ4n) is 3.16. The SMILES string of the molecule is Cn1ncc(NC(=O)c2cccc(COc3ccc(Cl)cc3)c2)c1C(=O)NCc1ccco1. The fourth-order valence-corrected chi connectivity index (χ4v) is 3.28. The Labute approximate surface area is 195 Å². The first-order chi connectivity index (χ1) is 16.0. The second kappa shape index (κ2) is 10.1. The zero-order valence-corrected chi connectivity index (χ0v) is 18.5. The van der Waals surface area contributed by atoms with Crippen LogP contribution in [0.5, 0.6) is 5.75 Å². The molecule has 4 aromatic rings. The summed E-state index contributed by atoms with van der Waals surface area (Å²) >= 11 is 5.89.